The van der Waals surface area contributed by atoms with E-state index in [1.165, 1.54) is 12.1 Å². The van der Waals surface area contributed by atoms with Crippen LogP contribution in [0, 0.1) is 0 Å². The Bertz CT molecular complexity index is 601. The van der Waals surface area contributed by atoms with Crippen LogP contribution in [0.4, 0.5) is 13.2 Å². The molecule has 0 spiro atoms. The molecule has 1 aliphatic rings. The Hall–Kier alpha value is -1.89. The molecule has 1 saturated heterocycles. The summed E-state index contributed by atoms with van der Waals surface area (Å²) in [6.45, 7) is 0.912. The van der Waals surface area contributed by atoms with Gasteiger partial charge in [-0.1, -0.05) is 11.6 Å². The van der Waals surface area contributed by atoms with E-state index in [1.54, 1.807) is 0 Å². The number of alkyl halides is 3. The van der Waals surface area contributed by atoms with Crippen LogP contribution in [0.5, 0.6) is 0 Å². The van der Waals surface area contributed by atoms with Gasteiger partial charge in [-0.2, -0.15) is 18.2 Å². The monoisotopic (exact) mass is 297 g/mol. The summed E-state index contributed by atoms with van der Waals surface area (Å²) in [5, 5.41) is 7.21. The van der Waals surface area contributed by atoms with Crippen LogP contribution in [0.15, 0.2) is 28.8 Å². The molecule has 21 heavy (non-hydrogen) atoms. The van der Waals surface area contributed by atoms with Crippen LogP contribution in [-0.4, -0.2) is 16.7 Å². The molecule has 1 fully saturated rings. The zero-order valence-electron chi connectivity index (χ0n) is 11.2. The minimum Gasteiger partial charge on any atom is -0.334 e. The minimum absolute atomic E-state index is 0.0608. The zero-order valence-corrected chi connectivity index (χ0v) is 11.2. The van der Waals surface area contributed by atoms with E-state index in [2.05, 4.69) is 15.5 Å². The number of halogens is 3. The van der Waals surface area contributed by atoms with Crippen LogP contribution in [0.3, 0.4) is 0 Å². The fourth-order valence-corrected chi connectivity index (χ4v) is 2.37. The molecule has 1 aromatic carbocycles. The summed E-state index contributed by atoms with van der Waals surface area (Å²) in [5.41, 5.74) is -0.211. The van der Waals surface area contributed by atoms with E-state index in [-0.39, 0.29) is 11.9 Å². The third-order valence-electron chi connectivity index (χ3n) is 3.52. The van der Waals surface area contributed by atoms with E-state index in [0.29, 0.717) is 11.4 Å². The predicted molar refractivity (Wildman–Crippen MR) is 69.3 cm³/mol. The molecule has 2 aromatic rings. The molecular weight excluding hydrogens is 283 g/mol. The molecule has 7 heteroatoms. The lowest BCUT2D eigenvalue weighted by molar-refractivity contribution is -0.137. The molecule has 1 atom stereocenters. The van der Waals surface area contributed by atoms with E-state index in [4.69, 9.17) is 4.52 Å². The van der Waals surface area contributed by atoms with Gasteiger partial charge in [0.05, 0.1) is 11.6 Å². The first-order valence-electron chi connectivity index (χ1n) is 6.78. The summed E-state index contributed by atoms with van der Waals surface area (Å²) in [7, 11) is 0. The Morgan fingerprint density at radius 1 is 1.14 bits per heavy atom. The van der Waals surface area contributed by atoms with E-state index in [1.807, 2.05) is 0 Å². The number of nitrogens with zero attached hydrogens (tertiary/aromatic N) is 2. The smallest absolute Gasteiger partial charge is 0.334 e. The third kappa shape index (κ3) is 3.07. The second kappa shape index (κ2) is 5.48. The van der Waals surface area contributed by atoms with E-state index >= 15 is 0 Å². The number of piperidine rings is 1. The van der Waals surface area contributed by atoms with E-state index < -0.39 is 11.7 Å². The van der Waals surface area contributed by atoms with Gasteiger partial charge in [0.1, 0.15) is 0 Å². The average Bonchev–Trinajstić information content (AvgIpc) is 2.97. The number of hydrogen-bond donors (Lipinski definition) is 1. The van der Waals surface area contributed by atoms with Gasteiger partial charge < -0.3 is 9.84 Å². The van der Waals surface area contributed by atoms with Crippen molar-refractivity contribution in [2.24, 2.45) is 0 Å². The lowest BCUT2D eigenvalue weighted by atomic mass is 10.0. The highest BCUT2D eigenvalue weighted by molar-refractivity contribution is 5.53. The Morgan fingerprint density at radius 2 is 1.90 bits per heavy atom. The lowest BCUT2D eigenvalue weighted by Crippen LogP contribution is -2.27. The van der Waals surface area contributed by atoms with Crippen molar-refractivity contribution in [3.05, 3.63) is 35.7 Å². The summed E-state index contributed by atoms with van der Waals surface area (Å²) in [5.74, 6) is 0.802. The fraction of sp³-hybridized carbons (Fsp3) is 0.429. The van der Waals surface area contributed by atoms with Gasteiger partial charge in [-0.15, -0.1) is 0 Å². The molecule has 0 aliphatic carbocycles. The molecular formula is C14H14F3N3O. The first kappa shape index (κ1) is 14.1. The summed E-state index contributed by atoms with van der Waals surface area (Å²) in [4.78, 5) is 4.27. The van der Waals surface area contributed by atoms with Gasteiger partial charge in [-0.3, -0.25) is 0 Å². The number of hydrogen-bond acceptors (Lipinski definition) is 4. The molecule has 112 valence electrons. The maximum Gasteiger partial charge on any atom is 0.416 e. The van der Waals surface area contributed by atoms with E-state index in [9.17, 15) is 13.2 Å². The normalized spacial score (nSPS) is 19.7. The van der Waals surface area contributed by atoms with Crippen LogP contribution >= 0.6 is 0 Å². The molecule has 1 N–H and O–H groups in total. The zero-order chi connectivity index (χ0) is 14.9. The van der Waals surface area contributed by atoms with Crippen molar-refractivity contribution < 1.29 is 17.7 Å². The van der Waals surface area contributed by atoms with Crippen LogP contribution < -0.4 is 5.32 Å². The quantitative estimate of drug-likeness (QED) is 0.920. The SMILES string of the molecule is FC(F)(F)c1ccc(-c2nc(C3CCCCN3)no2)cc1. The maximum absolute atomic E-state index is 12.5. The van der Waals surface area contributed by atoms with Gasteiger partial charge in [0, 0.05) is 5.56 Å². The number of aromatic nitrogens is 2. The van der Waals surface area contributed by atoms with Crippen LogP contribution in [0.2, 0.25) is 0 Å². The molecule has 0 amide bonds. The van der Waals surface area contributed by atoms with Gasteiger partial charge >= 0.3 is 6.18 Å². The second-order valence-corrected chi connectivity index (χ2v) is 5.04. The number of benzene rings is 1. The summed E-state index contributed by atoms with van der Waals surface area (Å²) < 4.78 is 42.7. The van der Waals surface area contributed by atoms with Crippen molar-refractivity contribution in [2.45, 2.75) is 31.5 Å². The molecule has 1 unspecified atom stereocenters. The Kier molecular flexibility index (Phi) is 3.67. The van der Waals surface area contributed by atoms with Crippen molar-refractivity contribution >= 4 is 0 Å². The summed E-state index contributed by atoms with van der Waals surface area (Å²) >= 11 is 0. The number of nitrogens with one attached hydrogen (secondary N) is 1. The number of rotatable bonds is 2. The Labute approximate surface area is 119 Å². The van der Waals surface area contributed by atoms with Gasteiger partial charge in [0.15, 0.2) is 5.82 Å². The van der Waals surface area contributed by atoms with Crippen molar-refractivity contribution in [2.75, 3.05) is 6.54 Å². The molecule has 0 radical (unpaired) electrons. The minimum atomic E-state index is -4.34. The topological polar surface area (TPSA) is 51.0 Å². The predicted octanol–water partition coefficient (Wildman–Crippen LogP) is 3.57. The summed E-state index contributed by atoms with van der Waals surface area (Å²) in [6.07, 6.45) is -1.18. The standard InChI is InChI=1S/C14H14F3N3O/c15-14(16,17)10-6-4-9(5-7-10)13-19-12(20-21-13)11-3-1-2-8-18-11/h4-7,11,18H,1-3,8H2. The van der Waals surface area contributed by atoms with Gasteiger partial charge in [-0.25, -0.2) is 0 Å². The van der Waals surface area contributed by atoms with Crippen molar-refractivity contribution in [3.8, 4) is 11.5 Å². The first-order valence-corrected chi connectivity index (χ1v) is 6.78. The van der Waals surface area contributed by atoms with Crippen LogP contribution in [-0.2, 0) is 6.18 Å². The van der Waals surface area contributed by atoms with Crippen molar-refractivity contribution in [1.29, 1.82) is 0 Å². The van der Waals surface area contributed by atoms with Gasteiger partial charge in [-0.05, 0) is 43.7 Å². The summed E-state index contributed by atoms with van der Waals surface area (Å²) in [6, 6.07) is 4.77. The second-order valence-electron chi connectivity index (χ2n) is 5.04. The largest absolute Gasteiger partial charge is 0.416 e. The third-order valence-corrected chi connectivity index (χ3v) is 3.52. The maximum atomic E-state index is 12.5. The Balaban J connectivity index is 1.79. The highest BCUT2D eigenvalue weighted by atomic mass is 19.4. The molecule has 1 aliphatic heterocycles. The van der Waals surface area contributed by atoms with Gasteiger partial charge in [0.2, 0.25) is 0 Å². The molecule has 3 rings (SSSR count). The molecule has 4 nitrogen and oxygen atoms in total. The van der Waals surface area contributed by atoms with Crippen molar-refractivity contribution in [1.82, 2.24) is 15.5 Å². The highest BCUT2D eigenvalue weighted by Gasteiger charge is 2.30. The van der Waals surface area contributed by atoms with Gasteiger partial charge in [0.25, 0.3) is 5.89 Å². The molecule has 2 heterocycles. The fourth-order valence-electron chi connectivity index (χ4n) is 2.37. The van der Waals surface area contributed by atoms with Crippen LogP contribution in [0.1, 0.15) is 36.7 Å². The molecule has 0 bridgehead atoms. The molecule has 1 aromatic heterocycles. The average molecular weight is 297 g/mol. The first-order chi connectivity index (χ1) is 10.0. The molecule has 0 saturated carbocycles. The van der Waals surface area contributed by atoms with Crippen molar-refractivity contribution in [3.63, 3.8) is 0 Å². The van der Waals surface area contributed by atoms with Crippen LogP contribution in [0.25, 0.3) is 11.5 Å². The Morgan fingerprint density at radius 3 is 2.52 bits per heavy atom. The van der Waals surface area contributed by atoms with E-state index in [0.717, 1.165) is 37.9 Å². The lowest BCUT2D eigenvalue weighted by Gasteiger charge is -2.19. The highest BCUT2D eigenvalue weighted by Crippen LogP contribution is 2.31.